The van der Waals surface area contributed by atoms with E-state index in [1.807, 2.05) is 31.2 Å². The van der Waals surface area contributed by atoms with Crippen molar-refractivity contribution < 1.29 is 4.79 Å². The Balaban J connectivity index is 2.64. The molecule has 13 heavy (non-hydrogen) atoms. The Morgan fingerprint density at radius 1 is 1.38 bits per heavy atom. The molecule has 1 rings (SSSR count). The molecule has 0 bridgehead atoms. The fraction of sp³-hybridized carbons (Fsp3) is 0.300. The number of primary amides is 1. The molecule has 1 aromatic carbocycles. The summed E-state index contributed by atoms with van der Waals surface area (Å²) in [6.45, 7) is 2.01. The van der Waals surface area contributed by atoms with Gasteiger partial charge in [0, 0.05) is 0 Å². The first kappa shape index (κ1) is 9.74. The lowest BCUT2D eigenvalue weighted by Crippen LogP contribution is -2.38. The molecule has 0 saturated carbocycles. The predicted octanol–water partition coefficient (Wildman–Crippen LogP) is 0.350. The fourth-order valence-electron chi connectivity index (χ4n) is 1.08. The number of nitrogens with two attached hydrogens (primary N) is 2. The highest BCUT2D eigenvalue weighted by molar-refractivity contribution is 5.79. The third-order valence-corrected chi connectivity index (χ3v) is 1.94. The minimum atomic E-state index is -0.581. The summed E-state index contributed by atoms with van der Waals surface area (Å²) in [5.74, 6) is -0.458. The minimum Gasteiger partial charge on any atom is -0.368 e. The summed E-state index contributed by atoms with van der Waals surface area (Å²) in [6, 6.07) is 7.31. The van der Waals surface area contributed by atoms with Gasteiger partial charge < -0.3 is 11.5 Å². The van der Waals surface area contributed by atoms with Gasteiger partial charge >= 0.3 is 0 Å². The van der Waals surface area contributed by atoms with Crippen molar-refractivity contribution in [2.75, 3.05) is 0 Å². The number of carbonyl (C=O) groups is 1. The number of hydrogen-bond donors (Lipinski definition) is 2. The molecule has 0 aromatic heterocycles. The molecule has 70 valence electrons. The van der Waals surface area contributed by atoms with Crippen LogP contribution in [0.2, 0.25) is 0 Å². The molecule has 3 nitrogen and oxygen atoms in total. The third-order valence-electron chi connectivity index (χ3n) is 1.94. The van der Waals surface area contributed by atoms with Gasteiger partial charge in [-0.1, -0.05) is 29.8 Å². The summed E-state index contributed by atoms with van der Waals surface area (Å²) in [5.41, 5.74) is 12.8. The standard InChI is InChI=1S/C10H14N2O/c1-7-2-4-8(5-3-7)6-9(11)10(12)13/h2-5,9H,6,11H2,1H3,(H2,12,13). The Morgan fingerprint density at radius 3 is 2.38 bits per heavy atom. The molecule has 1 unspecified atom stereocenters. The molecular weight excluding hydrogens is 164 g/mol. The van der Waals surface area contributed by atoms with Crippen molar-refractivity contribution in [3.63, 3.8) is 0 Å². The van der Waals surface area contributed by atoms with Crippen LogP contribution in [0.4, 0.5) is 0 Å². The van der Waals surface area contributed by atoms with Crippen molar-refractivity contribution in [3.8, 4) is 0 Å². The Kier molecular flexibility index (Phi) is 3.03. The van der Waals surface area contributed by atoms with Gasteiger partial charge in [0.05, 0.1) is 6.04 Å². The van der Waals surface area contributed by atoms with E-state index in [4.69, 9.17) is 11.5 Å². The summed E-state index contributed by atoms with van der Waals surface area (Å²) in [6.07, 6.45) is 0.510. The Hall–Kier alpha value is -1.35. The summed E-state index contributed by atoms with van der Waals surface area (Å²) >= 11 is 0. The van der Waals surface area contributed by atoms with Gasteiger partial charge in [0.25, 0.3) is 0 Å². The molecule has 1 aromatic rings. The zero-order valence-corrected chi connectivity index (χ0v) is 7.66. The van der Waals surface area contributed by atoms with Gasteiger partial charge in [-0.25, -0.2) is 0 Å². The number of amides is 1. The molecule has 0 fully saturated rings. The van der Waals surface area contributed by atoms with E-state index >= 15 is 0 Å². The number of benzene rings is 1. The number of aryl methyl sites for hydroxylation is 1. The third kappa shape index (κ3) is 2.87. The molecule has 1 amide bonds. The molecule has 0 aliphatic rings. The molecule has 4 N–H and O–H groups in total. The molecule has 0 heterocycles. The van der Waals surface area contributed by atoms with E-state index in [1.165, 1.54) is 5.56 Å². The summed E-state index contributed by atoms with van der Waals surface area (Å²) in [7, 11) is 0. The highest BCUT2D eigenvalue weighted by Gasteiger charge is 2.09. The van der Waals surface area contributed by atoms with Crippen LogP contribution in [0, 0.1) is 6.92 Å². The topological polar surface area (TPSA) is 69.1 Å². The van der Waals surface area contributed by atoms with E-state index in [0.29, 0.717) is 6.42 Å². The molecule has 0 aliphatic heterocycles. The van der Waals surface area contributed by atoms with Crippen molar-refractivity contribution in [3.05, 3.63) is 35.4 Å². The minimum absolute atomic E-state index is 0.458. The average molecular weight is 178 g/mol. The van der Waals surface area contributed by atoms with Gasteiger partial charge in [0.2, 0.25) is 5.91 Å². The first-order chi connectivity index (χ1) is 6.09. The van der Waals surface area contributed by atoms with Gasteiger partial charge in [0.15, 0.2) is 0 Å². The maximum atomic E-state index is 10.7. The maximum absolute atomic E-state index is 10.7. The van der Waals surface area contributed by atoms with Crippen LogP contribution in [0.5, 0.6) is 0 Å². The van der Waals surface area contributed by atoms with Crippen LogP contribution in [-0.4, -0.2) is 11.9 Å². The largest absolute Gasteiger partial charge is 0.368 e. The molecule has 0 aliphatic carbocycles. The summed E-state index contributed by atoms with van der Waals surface area (Å²) in [4.78, 5) is 10.7. The van der Waals surface area contributed by atoms with Crippen LogP contribution in [0.15, 0.2) is 24.3 Å². The molecule has 1 atom stereocenters. The molecule has 0 radical (unpaired) electrons. The highest BCUT2D eigenvalue weighted by Crippen LogP contribution is 2.04. The van der Waals surface area contributed by atoms with Crippen molar-refractivity contribution in [2.24, 2.45) is 11.5 Å². The van der Waals surface area contributed by atoms with Gasteiger partial charge in [0.1, 0.15) is 0 Å². The quantitative estimate of drug-likeness (QED) is 0.701. The van der Waals surface area contributed by atoms with Gasteiger partial charge in [-0.3, -0.25) is 4.79 Å². The van der Waals surface area contributed by atoms with Crippen LogP contribution < -0.4 is 11.5 Å². The second-order valence-corrected chi connectivity index (χ2v) is 3.20. The van der Waals surface area contributed by atoms with Crippen LogP contribution in [-0.2, 0) is 11.2 Å². The molecular formula is C10H14N2O. The van der Waals surface area contributed by atoms with Crippen molar-refractivity contribution in [1.82, 2.24) is 0 Å². The Morgan fingerprint density at radius 2 is 1.92 bits per heavy atom. The first-order valence-corrected chi connectivity index (χ1v) is 4.20. The van der Waals surface area contributed by atoms with Gasteiger partial charge in [-0.2, -0.15) is 0 Å². The Labute approximate surface area is 77.7 Å². The lowest BCUT2D eigenvalue weighted by Gasteiger charge is -2.06. The lowest BCUT2D eigenvalue weighted by atomic mass is 10.1. The average Bonchev–Trinajstić information content (AvgIpc) is 2.08. The fourth-order valence-corrected chi connectivity index (χ4v) is 1.08. The second kappa shape index (κ2) is 4.05. The zero-order chi connectivity index (χ0) is 9.84. The van der Waals surface area contributed by atoms with Gasteiger partial charge in [-0.15, -0.1) is 0 Å². The van der Waals surface area contributed by atoms with Gasteiger partial charge in [-0.05, 0) is 18.9 Å². The monoisotopic (exact) mass is 178 g/mol. The zero-order valence-electron chi connectivity index (χ0n) is 7.66. The number of carbonyl (C=O) groups excluding carboxylic acids is 1. The van der Waals surface area contributed by atoms with Crippen LogP contribution in [0.25, 0.3) is 0 Å². The lowest BCUT2D eigenvalue weighted by molar-refractivity contribution is -0.119. The van der Waals surface area contributed by atoms with Crippen molar-refractivity contribution in [2.45, 2.75) is 19.4 Å². The van der Waals surface area contributed by atoms with E-state index in [2.05, 4.69) is 0 Å². The van der Waals surface area contributed by atoms with Crippen LogP contribution >= 0.6 is 0 Å². The predicted molar refractivity (Wildman–Crippen MR) is 52.1 cm³/mol. The smallest absolute Gasteiger partial charge is 0.234 e. The SMILES string of the molecule is Cc1ccc(CC(N)C(N)=O)cc1. The highest BCUT2D eigenvalue weighted by atomic mass is 16.1. The Bertz CT molecular complexity index is 292. The molecule has 0 saturated heterocycles. The normalized spacial score (nSPS) is 12.5. The van der Waals surface area contributed by atoms with E-state index in [-0.39, 0.29) is 0 Å². The molecule has 3 heteroatoms. The number of rotatable bonds is 3. The maximum Gasteiger partial charge on any atom is 0.234 e. The van der Waals surface area contributed by atoms with E-state index < -0.39 is 11.9 Å². The van der Waals surface area contributed by atoms with Crippen molar-refractivity contribution >= 4 is 5.91 Å². The first-order valence-electron chi connectivity index (χ1n) is 4.20. The number of hydrogen-bond acceptors (Lipinski definition) is 2. The summed E-state index contributed by atoms with van der Waals surface area (Å²) < 4.78 is 0. The van der Waals surface area contributed by atoms with Crippen molar-refractivity contribution in [1.29, 1.82) is 0 Å². The van der Waals surface area contributed by atoms with Crippen LogP contribution in [0.1, 0.15) is 11.1 Å². The molecule has 0 spiro atoms. The van der Waals surface area contributed by atoms with Crippen LogP contribution in [0.3, 0.4) is 0 Å². The van der Waals surface area contributed by atoms with E-state index in [0.717, 1.165) is 5.56 Å². The van der Waals surface area contributed by atoms with E-state index in [9.17, 15) is 4.79 Å². The second-order valence-electron chi connectivity index (χ2n) is 3.20. The van der Waals surface area contributed by atoms with E-state index in [1.54, 1.807) is 0 Å². The summed E-state index contributed by atoms with van der Waals surface area (Å²) in [5, 5.41) is 0.